The predicted octanol–water partition coefficient (Wildman–Crippen LogP) is 6.72. The molecule has 10 heteroatoms. The zero-order chi connectivity index (χ0) is 27.0. The number of oxazole rings is 1. The van der Waals surface area contributed by atoms with Gasteiger partial charge in [-0.1, -0.05) is 18.2 Å². The molecular weight excluding hydrogens is 504 g/mol. The number of nitrogens with zero attached hydrogens (tertiary/aromatic N) is 2. The van der Waals surface area contributed by atoms with Gasteiger partial charge in [-0.3, -0.25) is 20.2 Å². The number of thiocarbonyl (C=S) groups is 1. The van der Waals surface area contributed by atoms with E-state index in [4.69, 9.17) is 21.1 Å². The van der Waals surface area contributed by atoms with Gasteiger partial charge in [-0.2, -0.15) is 0 Å². The molecule has 5 aromatic rings. The molecule has 0 radical (unpaired) electrons. The molecule has 0 spiro atoms. The van der Waals surface area contributed by atoms with Crippen molar-refractivity contribution in [1.82, 2.24) is 10.3 Å². The van der Waals surface area contributed by atoms with E-state index >= 15 is 0 Å². The SMILES string of the molecule is Cc1cc2nc(-c3cccc(NC(=S)NC(=O)c4ccc(-c5ccccc5[N+](=O)[O-])o4)c3C)oc2cc1C. The van der Waals surface area contributed by atoms with Crippen LogP contribution in [0, 0.1) is 30.9 Å². The third-order valence-corrected chi connectivity index (χ3v) is 6.44. The zero-order valence-electron chi connectivity index (χ0n) is 20.7. The molecule has 2 aromatic heterocycles. The van der Waals surface area contributed by atoms with Crippen molar-refractivity contribution in [3.63, 3.8) is 0 Å². The third-order valence-electron chi connectivity index (χ3n) is 6.24. The normalized spacial score (nSPS) is 10.9. The van der Waals surface area contributed by atoms with Gasteiger partial charge in [0.05, 0.1) is 10.5 Å². The summed E-state index contributed by atoms with van der Waals surface area (Å²) in [6, 6.07) is 18.6. The first-order valence-electron chi connectivity index (χ1n) is 11.6. The molecule has 2 N–H and O–H groups in total. The summed E-state index contributed by atoms with van der Waals surface area (Å²) in [4.78, 5) is 28.2. The number of furan rings is 1. The van der Waals surface area contributed by atoms with E-state index in [-0.39, 0.29) is 27.9 Å². The third kappa shape index (κ3) is 4.76. The highest BCUT2D eigenvalue weighted by Gasteiger charge is 2.20. The number of anilines is 1. The lowest BCUT2D eigenvalue weighted by Crippen LogP contribution is -2.34. The number of aryl methyl sites for hydroxylation is 2. The molecule has 190 valence electrons. The molecule has 3 aromatic carbocycles. The van der Waals surface area contributed by atoms with E-state index in [1.807, 2.05) is 51.1 Å². The van der Waals surface area contributed by atoms with Crippen molar-refractivity contribution in [3.05, 3.63) is 99.3 Å². The Balaban J connectivity index is 1.32. The molecule has 0 saturated heterocycles. The maximum atomic E-state index is 12.7. The number of carbonyl (C=O) groups is 1. The average molecular weight is 527 g/mol. The second-order valence-corrected chi connectivity index (χ2v) is 9.16. The minimum Gasteiger partial charge on any atom is -0.451 e. The lowest BCUT2D eigenvalue weighted by Gasteiger charge is -2.13. The summed E-state index contributed by atoms with van der Waals surface area (Å²) in [6.07, 6.45) is 0. The molecule has 1 amide bonds. The van der Waals surface area contributed by atoms with Crippen molar-refractivity contribution in [2.24, 2.45) is 0 Å². The molecular formula is C28H22N4O5S. The van der Waals surface area contributed by atoms with Crippen molar-refractivity contribution in [3.8, 4) is 22.8 Å². The lowest BCUT2D eigenvalue weighted by atomic mass is 10.1. The number of hydrogen-bond donors (Lipinski definition) is 2. The Morgan fingerprint density at radius 1 is 0.947 bits per heavy atom. The van der Waals surface area contributed by atoms with E-state index in [0.717, 1.165) is 27.8 Å². The number of fused-ring (bicyclic) bond motifs is 1. The molecule has 2 heterocycles. The van der Waals surface area contributed by atoms with Crippen LogP contribution in [0.25, 0.3) is 33.9 Å². The van der Waals surface area contributed by atoms with Gasteiger partial charge in [-0.05, 0) is 92.1 Å². The number of rotatable bonds is 5. The molecule has 9 nitrogen and oxygen atoms in total. The Hall–Kier alpha value is -4.83. The first kappa shape index (κ1) is 24.8. The number of nitrogens with one attached hydrogen (secondary N) is 2. The van der Waals surface area contributed by atoms with Crippen molar-refractivity contribution in [2.45, 2.75) is 20.8 Å². The number of nitro benzene ring substituents is 1. The van der Waals surface area contributed by atoms with Crippen LogP contribution < -0.4 is 10.6 Å². The molecule has 0 atom stereocenters. The lowest BCUT2D eigenvalue weighted by molar-refractivity contribution is -0.384. The molecule has 0 saturated carbocycles. The second-order valence-electron chi connectivity index (χ2n) is 8.75. The van der Waals surface area contributed by atoms with Gasteiger partial charge in [-0.25, -0.2) is 4.98 Å². The molecule has 0 bridgehead atoms. The van der Waals surface area contributed by atoms with Crippen LogP contribution >= 0.6 is 12.2 Å². The fourth-order valence-electron chi connectivity index (χ4n) is 4.06. The Kier molecular flexibility index (Phi) is 6.48. The van der Waals surface area contributed by atoms with Crippen LogP contribution in [0.1, 0.15) is 27.2 Å². The Labute approximate surface area is 222 Å². The monoisotopic (exact) mass is 526 g/mol. The van der Waals surface area contributed by atoms with Crippen LogP contribution in [0.15, 0.2) is 75.6 Å². The summed E-state index contributed by atoms with van der Waals surface area (Å²) in [6.45, 7) is 5.96. The topological polar surface area (TPSA) is 123 Å². The molecule has 5 rings (SSSR count). The molecule has 0 unspecified atom stereocenters. The fraction of sp³-hybridized carbons (Fsp3) is 0.107. The highest BCUT2D eigenvalue weighted by molar-refractivity contribution is 7.80. The number of carbonyl (C=O) groups excluding carboxylic acids is 1. The molecule has 38 heavy (non-hydrogen) atoms. The Bertz CT molecular complexity index is 1700. The number of aromatic nitrogens is 1. The first-order chi connectivity index (χ1) is 18.2. The highest BCUT2D eigenvalue weighted by Crippen LogP contribution is 2.32. The van der Waals surface area contributed by atoms with Crippen molar-refractivity contribution in [2.75, 3.05) is 5.32 Å². The minimum atomic E-state index is -0.592. The average Bonchev–Trinajstić information content (AvgIpc) is 3.53. The number of nitro groups is 1. The van der Waals surface area contributed by atoms with E-state index in [0.29, 0.717) is 17.2 Å². The number of hydrogen-bond acceptors (Lipinski definition) is 7. The number of para-hydroxylation sites is 1. The smallest absolute Gasteiger partial charge is 0.293 e. The molecule has 0 fully saturated rings. The van der Waals surface area contributed by atoms with Crippen LogP contribution in [0.2, 0.25) is 0 Å². The minimum absolute atomic E-state index is 0.0372. The summed E-state index contributed by atoms with van der Waals surface area (Å²) in [7, 11) is 0. The maximum absolute atomic E-state index is 12.7. The summed E-state index contributed by atoms with van der Waals surface area (Å²) < 4.78 is 11.6. The molecule has 0 aliphatic heterocycles. The summed E-state index contributed by atoms with van der Waals surface area (Å²) in [5, 5.41) is 17.0. The van der Waals surface area contributed by atoms with Gasteiger partial charge < -0.3 is 14.2 Å². The molecule has 0 aliphatic carbocycles. The number of benzene rings is 3. The van der Waals surface area contributed by atoms with E-state index in [9.17, 15) is 14.9 Å². The van der Waals surface area contributed by atoms with Gasteiger partial charge in [0, 0.05) is 17.3 Å². The first-order valence-corrected chi connectivity index (χ1v) is 12.1. The largest absolute Gasteiger partial charge is 0.451 e. The number of amides is 1. The summed E-state index contributed by atoms with van der Waals surface area (Å²) in [5.74, 6) is 0.0588. The highest BCUT2D eigenvalue weighted by atomic mass is 32.1. The van der Waals surface area contributed by atoms with E-state index < -0.39 is 10.8 Å². The van der Waals surface area contributed by atoms with E-state index in [2.05, 4.69) is 15.6 Å². The van der Waals surface area contributed by atoms with Gasteiger partial charge in [0.25, 0.3) is 11.6 Å². The predicted molar refractivity (Wildman–Crippen MR) is 148 cm³/mol. The van der Waals surface area contributed by atoms with Crippen molar-refractivity contribution in [1.29, 1.82) is 0 Å². The van der Waals surface area contributed by atoms with Gasteiger partial charge in [0.1, 0.15) is 11.3 Å². The van der Waals surface area contributed by atoms with Crippen LogP contribution in [0.5, 0.6) is 0 Å². The van der Waals surface area contributed by atoms with Crippen LogP contribution in [-0.4, -0.2) is 20.9 Å². The Morgan fingerprint density at radius 2 is 1.68 bits per heavy atom. The van der Waals surface area contributed by atoms with Gasteiger partial charge >= 0.3 is 0 Å². The zero-order valence-corrected chi connectivity index (χ0v) is 21.5. The van der Waals surface area contributed by atoms with Gasteiger partial charge in [0.2, 0.25) is 5.89 Å². The van der Waals surface area contributed by atoms with Gasteiger partial charge in [-0.15, -0.1) is 0 Å². The summed E-state index contributed by atoms with van der Waals surface area (Å²) in [5.41, 5.74) is 6.19. The van der Waals surface area contributed by atoms with E-state index in [1.165, 1.54) is 18.2 Å². The van der Waals surface area contributed by atoms with Crippen LogP contribution in [-0.2, 0) is 0 Å². The van der Waals surface area contributed by atoms with Crippen LogP contribution in [0.3, 0.4) is 0 Å². The maximum Gasteiger partial charge on any atom is 0.293 e. The van der Waals surface area contributed by atoms with Crippen LogP contribution in [0.4, 0.5) is 11.4 Å². The summed E-state index contributed by atoms with van der Waals surface area (Å²) >= 11 is 5.36. The van der Waals surface area contributed by atoms with Crippen molar-refractivity contribution < 1.29 is 18.6 Å². The van der Waals surface area contributed by atoms with Crippen molar-refractivity contribution >= 4 is 45.7 Å². The Morgan fingerprint density at radius 3 is 2.47 bits per heavy atom. The van der Waals surface area contributed by atoms with E-state index in [1.54, 1.807) is 18.2 Å². The quantitative estimate of drug-likeness (QED) is 0.147. The standard InChI is InChI=1S/C28H22N4O5S/c1-15-13-21-25(14-16(15)2)37-27(29-21)18-8-6-9-20(17(18)3)30-28(38)31-26(33)24-12-11-23(36-24)19-7-4-5-10-22(19)32(34)35/h4-14H,1-3H3,(H2,30,31,33,38). The van der Waals surface area contributed by atoms with Gasteiger partial charge in [0.15, 0.2) is 16.5 Å². The second kappa shape index (κ2) is 9.91. The molecule has 0 aliphatic rings. The fourth-order valence-corrected chi connectivity index (χ4v) is 4.26.